The van der Waals surface area contributed by atoms with Crippen molar-refractivity contribution in [2.45, 2.75) is 19.3 Å². The molecule has 0 bridgehead atoms. The van der Waals surface area contributed by atoms with E-state index in [1.807, 2.05) is 26.0 Å². The first-order valence-electron chi connectivity index (χ1n) is 9.46. The number of amides is 1. The topological polar surface area (TPSA) is 61.1 Å². The molecule has 1 aliphatic heterocycles. The van der Waals surface area contributed by atoms with Crippen molar-refractivity contribution in [3.8, 4) is 0 Å². The molecule has 29 heavy (non-hydrogen) atoms. The van der Waals surface area contributed by atoms with Crippen molar-refractivity contribution in [3.63, 3.8) is 0 Å². The van der Waals surface area contributed by atoms with Crippen LogP contribution in [0.2, 0.25) is 0 Å². The fourth-order valence-corrected chi connectivity index (χ4v) is 3.42. The van der Waals surface area contributed by atoms with Gasteiger partial charge in [0.05, 0.1) is 6.26 Å². The average molecular weight is 514 g/mol. The van der Waals surface area contributed by atoms with Crippen LogP contribution in [-0.2, 0) is 5.41 Å². The minimum absolute atomic E-state index is 0. The lowest BCUT2D eigenvalue weighted by atomic mass is 9.84. The maximum absolute atomic E-state index is 14.2. The quantitative estimate of drug-likeness (QED) is 0.387. The normalized spacial score (nSPS) is 15.1. The van der Waals surface area contributed by atoms with E-state index in [2.05, 4.69) is 15.2 Å². The van der Waals surface area contributed by atoms with Crippen molar-refractivity contribution in [1.29, 1.82) is 0 Å². The first kappa shape index (κ1) is 23.2. The van der Waals surface area contributed by atoms with Gasteiger partial charge in [0.1, 0.15) is 5.82 Å². The smallest absolute Gasteiger partial charge is 0.289 e. The Labute approximate surface area is 188 Å². The zero-order chi connectivity index (χ0) is 20.1. The van der Waals surface area contributed by atoms with Crippen molar-refractivity contribution in [2.24, 2.45) is 4.99 Å². The molecule has 1 aromatic heterocycles. The van der Waals surface area contributed by atoms with Crippen LogP contribution in [0, 0.1) is 5.82 Å². The number of piperazine rings is 1. The van der Waals surface area contributed by atoms with Gasteiger partial charge in [0.2, 0.25) is 0 Å². The highest BCUT2D eigenvalue weighted by Crippen LogP contribution is 2.25. The molecule has 3 rings (SSSR count). The second-order valence-corrected chi connectivity index (χ2v) is 7.52. The third-order valence-electron chi connectivity index (χ3n) is 5.10. The zero-order valence-electron chi connectivity index (χ0n) is 17.0. The van der Waals surface area contributed by atoms with Crippen molar-refractivity contribution < 1.29 is 13.6 Å². The highest BCUT2D eigenvalue weighted by atomic mass is 127. The van der Waals surface area contributed by atoms with E-state index in [4.69, 9.17) is 4.42 Å². The second-order valence-electron chi connectivity index (χ2n) is 7.52. The maximum atomic E-state index is 14.2. The van der Waals surface area contributed by atoms with E-state index in [1.165, 1.54) is 12.3 Å². The standard InChI is InChI=1S/C21H27FN4O2.HI/c1-21(2,16-7-4-5-8-17(16)22)15-24-20(23-3)26-12-10-25(11-13-26)19(27)18-9-6-14-28-18;/h4-9,14H,10-13,15H2,1-3H3,(H,23,24);1H. The molecule has 0 saturated carbocycles. The molecule has 0 spiro atoms. The number of guanidine groups is 1. The Morgan fingerprint density at radius 3 is 2.38 bits per heavy atom. The van der Waals surface area contributed by atoms with Crippen LogP contribution in [0.1, 0.15) is 30.0 Å². The van der Waals surface area contributed by atoms with Gasteiger partial charge in [-0.1, -0.05) is 32.0 Å². The molecule has 8 heteroatoms. The summed E-state index contributed by atoms with van der Waals surface area (Å²) < 4.78 is 19.4. The number of rotatable bonds is 4. The van der Waals surface area contributed by atoms with Crippen molar-refractivity contribution >= 4 is 35.8 Å². The van der Waals surface area contributed by atoms with Crippen molar-refractivity contribution in [3.05, 3.63) is 59.8 Å². The number of aliphatic imine (C=N–C) groups is 1. The van der Waals surface area contributed by atoms with Crippen LogP contribution in [0.15, 0.2) is 52.1 Å². The summed E-state index contributed by atoms with van der Waals surface area (Å²) in [6.07, 6.45) is 1.51. The van der Waals surface area contributed by atoms with Gasteiger partial charge < -0.3 is 19.5 Å². The lowest BCUT2D eigenvalue weighted by molar-refractivity contribution is 0.0657. The number of furan rings is 1. The molecule has 1 amide bonds. The minimum Gasteiger partial charge on any atom is -0.459 e. The molecule has 1 saturated heterocycles. The molecule has 0 aliphatic carbocycles. The van der Waals surface area contributed by atoms with Gasteiger partial charge in [0, 0.05) is 45.2 Å². The largest absolute Gasteiger partial charge is 0.459 e. The van der Waals surface area contributed by atoms with Crippen LogP contribution in [0.4, 0.5) is 4.39 Å². The van der Waals surface area contributed by atoms with E-state index in [0.29, 0.717) is 44.0 Å². The Morgan fingerprint density at radius 1 is 1.14 bits per heavy atom. The predicted molar refractivity (Wildman–Crippen MR) is 122 cm³/mol. The molecule has 6 nitrogen and oxygen atoms in total. The van der Waals surface area contributed by atoms with Gasteiger partial charge in [-0.2, -0.15) is 0 Å². The van der Waals surface area contributed by atoms with Gasteiger partial charge in [0.25, 0.3) is 5.91 Å². The molecule has 1 aromatic carbocycles. The number of benzene rings is 1. The number of hydrogen-bond donors (Lipinski definition) is 1. The highest BCUT2D eigenvalue weighted by molar-refractivity contribution is 14.0. The number of nitrogens with one attached hydrogen (secondary N) is 1. The van der Waals surface area contributed by atoms with Crippen LogP contribution in [-0.4, -0.2) is 61.4 Å². The van der Waals surface area contributed by atoms with E-state index in [1.54, 1.807) is 30.1 Å². The summed E-state index contributed by atoms with van der Waals surface area (Å²) in [6, 6.07) is 10.3. The predicted octanol–water partition coefficient (Wildman–Crippen LogP) is 3.35. The average Bonchev–Trinajstić information content (AvgIpc) is 3.23. The molecule has 1 N–H and O–H groups in total. The number of hydrogen-bond acceptors (Lipinski definition) is 3. The second kappa shape index (κ2) is 10.1. The van der Waals surface area contributed by atoms with Crippen LogP contribution in [0.5, 0.6) is 0 Å². The summed E-state index contributed by atoms with van der Waals surface area (Å²) in [6.45, 7) is 7.09. The lowest BCUT2D eigenvalue weighted by Gasteiger charge is -2.37. The van der Waals surface area contributed by atoms with Crippen LogP contribution < -0.4 is 5.32 Å². The number of carbonyl (C=O) groups is 1. The van der Waals surface area contributed by atoms with E-state index in [-0.39, 0.29) is 35.7 Å². The summed E-state index contributed by atoms with van der Waals surface area (Å²) in [7, 11) is 1.73. The van der Waals surface area contributed by atoms with Gasteiger partial charge >= 0.3 is 0 Å². The first-order chi connectivity index (χ1) is 13.4. The van der Waals surface area contributed by atoms with Gasteiger partial charge in [-0.05, 0) is 23.8 Å². The molecule has 2 heterocycles. The van der Waals surface area contributed by atoms with Crippen LogP contribution >= 0.6 is 24.0 Å². The monoisotopic (exact) mass is 514 g/mol. The molecule has 0 unspecified atom stereocenters. The SMILES string of the molecule is CN=C(NCC(C)(C)c1ccccc1F)N1CCN(C(=O)c2ccco2)CC1.I. The fourth-order valence-electron chi connectivity index (χ4n) is 3.42. The zero-order valence-corrected chi connectivity index (χ0v) is 19.4. The summed E-state index contributed by atoms with van der Waals surface area (Å²) in [5.74, 6) is 0.833. The third kappa shape index (κ3) is 5.49. The maximum Gasteiger partial charge on any atom is 0.289 e. The van der Waals surface area contributed by atoms with Crippen LogP contribution in [0.3, 0.4) is 0 Å². The lowest BCUT2D eigenvalue weighted by Crippen LogP contribution is -2.54. The van der Waals surface area contributed by atoms with Gasteiger partial charge in [-0.15, -0.1) is 24.0 Å². The molecule has 2 aromatic rings. The molecule has 0 atom stereocenters. The van der Waals surface area contributed by atoms with Crippen molar-refractivity contribution in [2.75, 3.05) is 39.8 Å². The molecule has 158 valence electrons. The van der Waals surface area contributed by atoms with Crippen molar-refractivity contribution in [1.82, 2.24) is 15.1 Å². The minimum atomic E-state index is -0.391. The van der Waals surface area contributed by atoms with E-state index in [9.17, 15) is 9.18 Å². The van der Waals surface area contributed by atoms with Gasteiger partial charge in [-0.3, -0.25) is 9.79 Å². The van der Waals surface area contributed by atoms with Crippen LogP contribution in [0.25, 0.3) is 0 Å². The van der Waals surface area contributed by atoms with E-state index in [0.717, 1.165) is 5.96 Å². The molecular weight excluding hydrogens is 486 g/mol. The Bertz CT molecular complexity index is 831. The molecule has 0 radical (unpaired) electrons. The Hall–Kier alpha value is -2.10. The van der Waals surface area contributed by atoms with Gasteiger partial charge in [-0.25, -0.2) is 4.39 Å². The Balaban J connectivity index is 0.00000300. The fraction of sp³-hybridized carbons (Fsp3) is 0.429. The molecule has 1 aliphatic rings. The highest BCUT2D eigenvalue weighted by Gasteiger charge is 2.28. The van der Waals surface area contributed by atoms with E-state index >= 15 is 0 Å². The summed E-state index contributed by atoms with van der Waals surface area (Å²) in [5.41, 5.74) is 0.282. The summed E-state index contributed by atoms with van der Waals surface area (Å²) >= 11 is 0. The Kier molecular flexibility index (Phi) is 8.06. The Morgan fingerprint density at radius 2 is 1.79 bits per heavy atom. The summed E-state index contributed by atoms with van der Waals surface area (Å²) in [5, 5.41) is 3.36. The summed E-state index contributed by atoms with van der Waals surface area (Å²) in [4.78, 5) is 20.6. The third-order valence-corrected chi connectivity index (χ3v) is 5.10. The number of nitrogens with zero attached hydrogens (tertiary/aromatic N) is 3. The molecule has 1 fully saturated rings. The number of carbonyl (C=O) groups excluding carboxylic acids is 1. The van der Waals surface area contributed by atoms with E-state index < -0.39 is 5.41 Å². The first-order valence-corrected chi connectivity index (χ1v) is 9.46. The number of halogens is 2. The van der Waals surface area contributed by atoms with Gasteiger partial charge in [0.15, 0.2) is 11.7 Å². The molecular formula is C21H28FIN4O2.